The summed E-state index contributed by atoms with van der Waals surface area (Å²) in [5.41, 5.74) is 0. The van der Waals surface area contributed by atoms with E-state index < -0.39 is 0 Å². The highest BCUT2D eigenvalue weighted by Gasteiger charge is 2.21. The van der Waals surface area contributed by atoms with Crippen LogP contribution in [0.3, 0.4) is 0 Å². The van der Waals surface area contributed by atoms with Gasteiger partial charge in [0, 0.05) is 109 Å². The standard InChI is InChI=1S/C71H115N19S11/c1-14-21-27-33-91-61-76-55(73-60(72-13)85-61)39-49(8)44-98-68-81-57(78-63(87-68)93-35-29-23-16-3)41-51(10)46-100-70-83-59(80-65(89-70)95-37-31-25-18-5)43-53(12)48-101-71-84-58(79-66(90-71)96-38-32-26-19-6)42-52(11)47-99-69-82-56(77-64(88-69)94-36-30-24-17-4)40-50(9)45-97-67-75-54(20-7)74-62(86-67)92-34-28-22-15-2/h49-53H,14-48H2,1-13H3,(H,72,73,76,85). The van der Waals surface area contributed by atoms with Crippen LogP contribution in [0.1, 0.15) is 234 Å². The van der Waals surface area contributed by atoms with Gasteiger partial charge in [0.15, 0.2) is 56.7 Å². The van der Waals surface area contributed by atoms with Crippen LogP contribution in [-0.4, -0.2) is 160 Å². The van der Waals surface area contributed by atoms with Crippen LogP contribution in [0.2, 0.25) is 0 Å². The molecule has 5 unspecified atom stereocenters. The monoisotopic (exact) mass is 1590 g/mol. The molecule has 0 amide bonds. The average molecular weight is 1590 g/mol. The molecule has 1 N–H and O–H groups in total. The Morgan fingerprint density at radius 3 is 0.614 bits per heavy atom. The van der Waals surface area contributed by atoms with Crippen molar-refractivity contribution in [3.05, 3.63) is 34.9 Å². The largest absolute Gasteiger partial charge is 0.357 e. The molecule has 560 valence electrons. The number of nitrogens with one attached hydrogen (secondary N) is 1. The number of hydrogen-bond acceptors (Lipinski definition) is 30. The Kier molecular flexibility index (Phi) is 45.7. The molecule has 0 radical (unpaired) electrons. The molecule has 101 heavy (non-hydrogen) atoms. The van der Waals surface area contributed by atoms with Crippen LogP contribution < -0.4 is 5.32 Å². The highest BCUT2D eigenvalue weighted by Crippen LogP contribution is 2.31. The third-order valence-corrected chi connectivity index (χ3v) is 26.9. The molecule has 0 fully saturated rings. The van der Waals surface area contributed by atoms with Crippen molar-refractivity contribution in [2.75, 3.05) is 75.6 Å². The summed E-state index contributed by atoms with van der Waals surface area (Å²) in [5, 5.41) is 11.9. The molecule has 30 heteroatoms. The molecule has 6 rings (SSSR count). The molecule has 6 aromatic rings. The first kappa shape index (κ1) is 87.6. The van der Waals surface area contributed by atoms with Crippen LogP contribution >= 0.6 is 129 Å². The van der Waals surface area contributed by atoms with Crippen molar-refractivity contribution in [1.29, 1.82) is 0 Å². The quantitative estimate of drug-likeness (QED) is 0.0275. The predicted octanol–water partition coefficient (Wildman–Crippen LogP) is 19.9. The second-order valence-electron chi connectivity index (χ2n) is 26.0. The van der Waals surface area contributed by atoms with Gasteiger partial charge in [-0.15, -0.1) is 0 Å². The minimum Gasteiger partial charge on any atom is -0.357 e. The molecule has 0 aromatic carbocycles. The lowest BCUT2D eigenvalue weighted by molar-refractivity contribution is 0.590. The number of hydrogen-bond donors (Lipinski definition) is 1. The molecule has 6 aromatic heterocycles. The minimum atomic E-state index is 0.247. The fourth-order valence-corrected chi connectivity index (χ4v) is 19.5. The van der Waals surface area contributed by atoms with Crippen LogP contribution in [0.5, 0.6) is 0 Å². The van der Waals surface area contributed by atoms with Gasteiger partial charge >= 0.3 is 0 Å². The Morgan fingerprint density at radius 2 is 0.416 bits per heavy atom. The molecule has 0 aliphatic carbocycles. The highest BCUT2D eigenvalue weighted by molar-refractivity contribution is 8.01. The first-order valence-corrected chi connectivity index (χ1v) is 48.1. The lowest BCUT2D eigenvalue weighted by Crippen LogP contribution is -2.13. The van der Waals surface area contributed by atoms with Gasteiger partial charge in [-0.3, -0.25) is 0 Å². The number of anilines is 1. The number of thioether (sulfide) groups is 11. The molecule has 0 aliphatic heterocycles. The van der Waals surface area contributed by atoms with Crippen molar-refractivity contribution >= 4 is 135 Å². The fraction of sp³-hybridized carbons (Fsp3) is 0.746. The smallest absolute Gasteiger partial charge is 0.226 e. The molecule has 0 saturated heterocycles. The van der Waals surface area contributed by atoms with Gasteiger partial charge in [-0.25, -0.2) is 54.8 Å². The van der Waals surface area contributed by atoms with Gasteiger partial charge in [-0.05, 0) is 68.1 Å². The molecule has 0 spiro atoms. The minimum absolute atomic E-state index is 0.247. The van der Waals surface area contributed by atoms with Crippen molar-refractivity contribution < 1.29 is 0 Å². The van der Waals surface area contributed by atoms with E-state index in [1.54, 1.807) is 129 Å². The van der Waals surface area contributed by atoms with E-state index in [0.717, 1.165) is 226 Å². The second-order valence-corrected chi connectivity index (χ2v) is 37.3. The number of nitrogens with zero attached hydrogens (tertiary/aromatic N) is 18. The van der Waals surface area contributed by atoms with Crippen molar-refractivity contribution in [2.24, 2.45) is 29.6 Å². The average Bonchev–Trinajstić information content (AvgIpc) is 0.898. The third kappa shape index (κ3) is 37.4. The van der Waals surface area contributed by atoms with Gasteiger partial charge in [-0.2, -0.15) is 34.9 Å². The van der Waals surface area contributed by atoms with Gasteiger partial charge < -0.3 is 5.32 Å². The van der Waals surface area contributed by atoms with Crippen LogP contribution in [-0.2, 0) is 38.5 Å². The lowest BCUT2D eigenvalue weighted by atomic mass is 10.1. The fourth-order valence-electron chi connectivity index (χ4n) is 9.75. The molecule has 6 heterocycles. The first-order chi connectivity index (χ1) is 49.2. The van der Waals surface area contributed by atoms with Crippen molar-refractivity contribution in [3.8, 4) is 0 Å². The summed E-state index contributed by atoms with van der Waals surface area (Å²) in [5.74, 6) is 17.1. The van der Waals surface area contributed by atoms with E-state index in [0.29, 0.717) is 17.8 Å². The zero-order chi connectivity index (χ0) is 72.2. The van der Waals surface area contributed by atoms with Gasteiger partial charge in [0.25, 0.3) is 0 Å². The molecule has 5 atom stereocenters. The van der Waals surface area contributed by atoms with Crippen LogP contribution in [0.15, 0.2) is 56.7 Å². The van der Waals surface area contributed by atoms with E-state index in [1.165, 1.54) is 83.5 Å². The van der Waals surface area contributed by atoms with Gasteiger partial charge in [0.05, 0.1) is 0 Å². The molecular weight excluding hydrogens is 1470 g/mol. The molecule has 0 aliphatic rings. The topological polar surface area (TPSA) is 244 Å². The number of rotatable bonds is 57. The van der Waals surface area contributed by atoms with Gasteiger partial charge in [0.1, 0.15) is 34.9 Å². The van der Waals surface area contributed by atoms with E-state index >= 15 is 0 Å². The SMILES string of the molecule is CCCCCSc1nc(CC(C)CSc2nc(CC(C)CSc3nc(CC(C)CSc4nc(CC(C)CSc5nc(CC(C)CSc6nc(CC)nc(SCCCCC)n6)nc(SCCCCC)n5)nc(SCCCCC)n4)nc(SCCCCC)n3)nc(SCCCCC)n2)nc(NC)n1. The summed E-state index contributed by atoms with van der Waals surface area (Å²) in [6.45, 7) is 26.9. The summed E-state index contributed by atoms with van der Waals surface area (Å²) in [7, 11) is 1.87. The summed E-state index contributed by atoms with van der Waals surface area (Å²) in [6.07, 6.45) is 25.6. The third-order valence-electron chi connectivity index (χ3n) is 15.4. The Hall–Kier alpha value is -2.29. The van der Waals surface area contributed by atoms with Crippen molar-refractivity contribution in [1.82, 2.24) is 89.7 Å². The number of aryl methyl sites for hydroxylation is 1. The first-order valence-electron chi connectivity index (χ1n) is 37.3. The van der Waals surface area contributed by atoms with E-state index in [2.05, 4.69) is 93.4 Å². The summed E-state index contributed by atoms with van der Waals surface area (Å²) >= 11 is 19.0. The number of aromatic nitrogens is 18. The Balaban J connectivity index is 1.09. The van der Waals surface area contributed by atoms with E-state index in [-0.39, 0.29) is 17.8 Å². The zero-order valence-electron chi connectivity index (χ0n) is 62.7. The molecule has 19 nitrogen and oxygen atoms in total. The van der Waals surface area contributed by atoms with Crippen LogP contribution in [0, 0.1) is 29.6 Å². The highest BCUT2D eigenvalue weighted by atomic mass is 32.2. The normalized spacial score (nSPS) is 13.2. The second kappa shape index (κ2) is 52.7. The Bertz CT molecular complexity index is 3260. The Labute approximate surface area is 653 Å². The predicted molar refractivity (Wildman–Crippen MR) is 437 cm³/mol. The van der Waals surface area contributed by atoms with Crippen molar-refractivity contribution in [3.63, 3.8) is 0 Å². The van der Waals surface area contributed by atoms with E-state index in [4.69, 9.17) is 84.7 Å². The number of unbranched alkanes of at least 4 members (excludes halogenated alkanes) is 12. The van der Waals surface area contributed by atoms with Gasteiger partial charge in [-0.1, -0.05) is 290 Å². The van der Waals surface area contributed by atoms with Crippen LogP contribution in [0.4, 0.5) is 5.95 Å². The van der Waals surface area contributed by atoms with Crippen LogP contribution in [0.25, 0.3) is 0 Å². The maximum atomic E-state index is 5.15. The maximum Gasteiger partial charge on any atom is 0.226 e. The summed E-state index contributed by atoms with van der Waals surface area (Å²) in [4.78, 5) is 89.4. The van der Waals surface area contributed by atoms with Crippen molar-refractivity contribution in [2.45, 2.75) is 294 Å². The maximum absolute atomic E-state index is 5.15. The van der Waals surface area contributed by atoms with Gasteiger partial charge in [0.2, 0.25) is 5.95 Å². The van der Waals surface area contributed by atoms with E-state index in [1.807, 2.05) is 7.05 Å². The molecular formula is C71H115N19S11. The summed E-state index contributed by atoms with van der Waals surface area (Å²) in [6, 6.07) is 0. The molecule has 0 bridgehead atoms. The lowest BCUT2D eigenvalue weighted by Gasteiger charge is -2.15. The Morgan fingerprint density at radius 1 is 0.228 bits per heavy atom. The van der Waals surface area contributed by atoms with E-state index in [9.17, 15) is 0 Å². The summed E-state index contributed by atoms with van der Waals surface area (Å²) < 4.78 is 0. The molecule has 0 saturated carbocycles. The zero-order valence-corrected chi connectivity index (χ0v) is 71.7.